The van der Waals surface area contributed by atoms with Crippen LogP contribution in [0.25, 0.3) is 0 Å². The molecule has 0 aliphatic rings. The highest BCUT2D eigenvalue weighted by Gasteiger charge is 2.27. The highest BCUT2D eigenvalue weighted by molar-refractivity contribution is 7.92. The number of hydrogen-bond acceptors (Lipinski definition) is 4. The molecule has 0 bridgehead atoms. The van der Waals surface area contributed by atoms with E-state index in [9.17, 15) is 13.2 Å². The molecular formula is C22H23N3O3S. The molecule has 3 rings (SSSR count). The number of nitrogens with one attached hydrogen (secondary N) is 1. The number of hydrogen-bond donors (Lipinski definition) is 1. The van der Waals surface area contributed by atoms with Crippen LogP contribution in [0.15, 0.2) is 71.9 Å². The fourth-order valence-corrected chi connectivity index (χ4v) is 4.31. The molecule has 0 radical (unpaired) electrons. The van der Waals surface area contributed by atoms with Gasteiger partial charge in [0.25, 0.3) is 10.0 Å². The number of pyridine rings is 1. The van der Waals surface area contributed by atoms with Crippen LogP contribution >= 0.6 is 0 Å². The van der Waals surface area contributed by atoms with Gasteiger partial charge in [-0.25, -0.2) is 8.42 Å². The van der Waals surface area contributed by atoms with Gasteiger partial charge in [0.05, 0.1) is 5.69 Å². The molecule has 0 aliphatic heterocycles. The number of aromatic nitrogens is 1. The molecule has 1 amide bonds. The number of benzene rings is 2. The first-order chi connectivity index (χ1) is 13.8. The Labute approximate surface area is 171 Å². The van der Waals surface area contributed by atoms with E-state index in [-0.39, 0.29) is 11.4 Å². The summed E-state index contributed by atoms with van der Waals surface area (Å²) in [4.78, 5) is 16.7. The second kappa shape index (κ2) is 8.45. The number of sulfonamides is 1. The Hall–Kier alpha value is -3.19. The third-order valence-electron chi connectivity index (χ3n) is 4.49. The maximum absolute atomic E-state index is 13.2. The number of amides is 1. The highest BCUT2D eigenvalue weighted by Crippen LogP contribution is 2.24. The van der Waals surface area contributed by atoms with Crippen molar-refractivity contribution < 1.29 is 13.2 Å². The van der Waals surface area contributed by atoms with E-state index < -0.39 is 15.9 Å². The standard InChI is InChI=1S/C22H23N3O3S/c1-16-6-9-19(10-7-16)25(29(27,28)20-5-4-12-23-14-20)15-22(26)24-21-11-8-17(2)13-18(21)3/h4-14H,15H2,1-3H3,(H,24,26). The van der Waals surface area contributed by atoms with E-state index in [1.54, 1.807) is 18.2 Å². The molecule has 1 aromatic heterocycles. The molecule has 0 unspecified atom stereocenters. The maximum Gasteiger partial charge on any atom is 0.266 e. The zero-order valence-electron chi connectivity index (χ0n) is 16.6. The SMILES string of the molecule is Cc1ccc(N(CC(=O)Nc2ccc(C)cc2C)S(=O)(=O)c2cccnc2)cc1. The molecule has 6 nitrogen and oxygen atoms in total. The Morgan fingerprint density at radius 2 is 1.69 bits per heavy atom. The van der Waals surface area contributed by atoms with Crippen LogP contribution in [0.4, 0.5) is 11.4 Å². The lowest BCUT2D eigenvalue weighted by atomic mass is 10.1. The van der Waals surface area contributed by atoms with Gasteiger partial charge in [-0.2, -0.15) is 0 Å². The molecule has 0 fully saturated rings. The summed E-state index contributed by atoms with van der Waals surface area (Å²) in [5, 5.41) is 2.81. The summed E-state index contributed by atoms with van der Waals surface area (Å²) in [5.74, 6) is -0.426. The Morgan fingerprint density at radius 3 is 2.31 bits per heavy atom. The Morgan fingerprint density at radius 1 is 1.00 bits per heavy atom. The van der Waals surface area contributed by atoms with Gasteiger partial charge in [0.15, 0.2) is 0 Å². The zero-order valence-corrected chi connectivity index (χ0v) is 17.4. The topological polar surface area (TPSA) is 79.4 Å². The smallest absolute Gasteiger partial charge is 0.266 e. The molecule has 1 heterocycles. The lowest BCUT2D eigenvalue weighted by Crippen LogP contribution is -2.38. The number of nitrogens with zero attached hydrogens (tertiary/aromatic N) is 2. The monoisotopic (exact) mass is 409 g/mol. The second-order valence-corrected chi connectivity index (χ2v) is 8.76. The van der Waals surface area contributed by atoms with Gasteiger partial charge < -0.3 is 5.32 Å². The highest BCUT2D eigenvalue weighted by atomic mass is 32.2. The summed E-state index contributed by atoms with van der Waals surface area (Å²) in [5.41, 5.74) is 4.06. The van der Waals surface area contributed by atoms with Crippen LogP contribution in [0.5, 0.6) is 0 Å². The van der Waals surface area contributed by atoms with E-state index in [2.05, 4.69) is 10.3 Å². The van der Waals surface area contributed by atoms with E-state index in [0.717, 1.165) is 21.0 Å². The number of carbonyl (C=O) groups excluding carboxylic acids is 1. The maximum atomic E-state index is 13.2. The summed E-state index contributed by atoms with van der Waals surface area (Å²) in [7, 11) is -3.96. The summed E-state index contributed by atoms with van der Waals surface area (Å²) >= 11 is 0. The van der Waals surface area contributed by atoms with Crippen LogP contribution in [-0.4, -0.2) is 25.9 Å². The Bertz CT molecular complexity index is 1110. The van der Waals surface area contributed by atoms with Crippen molar-refractivity contribution in [3.8, 4) is 0 Å². The summed E-state index contributed by atoms with van der Waals surface area (Å²) in [6.07, 6.45) is 2.78. The predicted octanol–water partition coefficient (Wildman–Crippen LogP) is 3.84. The van der Waals surface area contributed by atoms with Crippen LogP contribution in [0, 0.1) is 20.8 Å². The molecule has 0 aliphatic carbocycles. The quantitative estimate of drug-likeness (QED) is 0.671. The van der Waals surface area contributed by atoms with E-state index in [1.807, 2.05) is 51.1 Å². The summed E-state index contributed by atoms with van der Waals surface area (Å²) < 4.78 is 27.5. The van der Waals surface area contributed by atoms with Crippen molar-refractivity contribution in [2.45, 2.75) is 25.7 Å². The molecule has 0 atom stereocenters. The van der Waals surface area contributed by atoms with Gasteiger partial charge in [-0.3, -0.25) is 14.1 Å². The van der Waals surface area contributed by atoms with Gasteiger partial charge in [-0.15, -0.1) is 0 Å². The van der Waals surface area contributed by atoms with Gasteiger partial charge in [0, 0.05) is 18.1 Å². The third-order valence-corrected chi connectivity index (χ3v) is 6.24. The third kappa shape index (κ3) is 4.81. The fourth-order valence-electron chi connectivity index (χ4n) is 2.93. The number of rotatable bonds is 6. The van der Waals surface area contributed by atoms with Gasteiger partial charge >= 0.3 is 0 Å². The van der Waals surface area contributed by atoms with Crippen molar-refractivity contribution >= 4 is 27.3 Å². The first-order valence-electron chi connectivity index (χ1n) is 9.14. The van der Waals surface area contributed by atoms with Crippen molar-refractivity contribution in [2.75, 3.05) is 16.2 Å². The van der Waals surface area contributed by atoms with Gasteiger partial charge in [0.2, 0.25) is 5.91 Å². The molecule has 2 aromatic carbocycles. The van der Waals surface area contributed by atoms with Crippen molar-refractivity contribution in [1.29, 1.82) is 0 Å². The largest absolute Gasteiger partial charge is 0.324 e. The van der Waals surface area contributed by atoms with Crippen LogP contribution in [0.1, 0.15) is 16.7 Å². The Balaban J connectivity index is 1.93. The van der Waals surface area contributed by atoms with Crippen LogP contribution in [0.2, 0.25) is 0 Å². The molecule has 0 spiro atoms. The number of aryl methyl sites for hydroxylation is 3. The lowest BCUT2D eigenvalue weighted by molar-refractivity contribution is -0.114. The van der Waals surface area contributed by atoms with E-state index in [1.165, 1.54) is 18.5 Å². The molecule has 29 heavy (non-hydrogen) atoms. The van der Waals surface area contributed by atoms with Crippen molar-refractivity contribution in [3.63, 3.8) is 0 Å². The Kier molecular flexibility index (Phi) is 5.98. The van der Waals surface area contributed by atoms with Crippen molar-refractivity contribution in [1.82, 2.24) is 4.98 Å². The number of carbonyl (C=O) groups is 1. The normalized spacial score (nSPS) is 11.1. The zero-order chi connectivity index (χ0) is 21.0. The fraction of sp³-hybridized carbons (Fsp3) is 0.182. The lowest BCUT2D eigenvalue weighted by Gasteiger charge is -2.24. The second-order valence-electron chi connectivity index (χ2n) is 6.90. The minimum atomic E-state index is -3.96. The summed E-state index contributed by atoms with van der Waals surface area (Å²) in [6.45, 7) is 5.43. The van der Waals surface area contributed by atoms with Gasteiger partial charge in [-0.05, 0) is 56.7 Å². The molecule has 0 saturated heterocycles. The van der Waals surface area contributed by atoms with Crippen molar-refractivity contribution in [3.05, 3.63) is 83.7 Å². The summed E-state index contributed by atoms with van der Waals surface area (Å²) in [6, 6.07) is 15.7. The van der Waals surface area contributed by atoms with E-state index in [4.69, 9.17) is 0 Å². The molecular weight excluding hydrogens is 386 g/mol. The van der Waals surface area contributed by atoms with E-state index >= 15 is 0 Å². The average molecular weight is 410 g/mol. The number of anilines is 2. The van der Waals surface area contributed by atoms with Crippen LogP contribution in [-0.2, 0) is 14.8 Å². The first kappa shape index (κ1) is 20.5. The minimum Gasteiger partial charge on any atom is -0.324 e. The minimum absolute atomic E-state index is 0.0277. The molecule has 0 saturated carbocycles. The average Bonchev–Trinajstić information content (AvgIpc) is 2.70. The predicted molar refractivity (Wildman–Crippen MR) is 114 cm³/mol. The van der Waals surface area contributed by atoms with Crippen molar-refractivity contribution in [2.24, 2.45) is 0 Å². The van der Waals surface area contributed by atoms with Gasteiger partial charge in [0.1, 0.15) is 11.4 Å². The molecule has 1 N–H and O–H groups in total. The first-order valence-corrected chi connectivity index (χ1v) is 10.6. The molecule has 150 valence electrons. The van der Waals surface area contributed by atoms with Gasteiger partial charge in [-0.1, -0.05) is 35.4 Å². The molecule has 3 aromatic rings. The van der Waals surface area contributed by atoms with E-state index in [0.29, 0.717) is 11.4 Å². The van der Waals surface area contributed by atoms with Crippen LogP contribution < -0.4 is 9.62 Å². The van der Waals surface area contributed by atoms with Crippen LogP contribution in [0.3, 0.4) is 0 Å². The molecule has 7 heteroatoms.